The summed E-state index contributed by atoms with van der Waals surface area (Å²) in [6.45, 7) is 5.60. The van der Waals surface area contributed by atoms with E-state index in [4.69, 9.17) is 0 Å². The Morgan fingerprint density at radius 2 is 1.29 bits per heavy atom. The fraction of sp³-hybridized carbons (Fsp3) is 0.316. The summed E-state index contributed by atoms with van der Waals surface area (Å²) in [4.78, 5) is 11.4. The van der Waals surface area contributed by atoms with E-state index in [0.29, 0.717) is 12.8 Å². The lowest BCUT2D eigenvalue weighted by Gasteiger charge is -2.29. The number of hydrogen-bond acceptors (Lipinski definition) is 2. The van der Waals surface area contributed by atoms with Crippen molar-refractivity contribution in [2.45, 2.75) is 39.2 Å². The molecule has 1 N–H and O–H groups in total. The number of aryl methyl sites for hydroxylation is 2. The maximum Gasteiger partial charge on any atom is 0.129 e. The Hall–Kier alpha value is -1.93. The van der Waals surface area contributed by atoms with Crippen LogP contribution in [0, 0.1) is 13.8 Å². The van der Waals surface area contributed by atoms with Gasteiger partial charge in [-0.05, 0) is 38.3 Å². The SMILES string of the molecule is CC(=O)CCC(O)(c1ccc(C)cc1)c1ccc(C)cc1. The molecule has 2 nitrogen and oxygen atoms in total. The van der Waals surface area contributed by atoms with Crippen molar-refractivity contribution in [3.63, 3.8) is 0 Å². The van der Waals surface area contributed by atoms with Crippen LogP contribution < -0.4 is 0 Å². The van der Waals surface area contributed by atoms with Crippen LogP contribution >= 0.6 is 0 Å². The van der Waals surface area contributed by atoms with Gasteiger partial charge in [-0.25, -0.2) is 0 Å². The van der Waals surface area contributed by atoms with E-state index in [0.717, 1.165) is 22.3 Å². The minimum absolute atomic E-state index is 0.0904. The smallest absolute Gasteiger partial charge is 0.129 e. The Kier molecular flexibility index (Phi) is 4.59. The number of aliphatic hydroxyl groups is 1. The summed E-state index contributed by atoms with van der Waals surface area (Å²) in [7, 11) is 0. The molecule has 0 aromatic heterocycles. The molecule has 21 heavy (non-hydrogen) atoms. The zero-order chi connectivity index (χ0) is 15.5. The topological polar surface area (TPSA) is 37.3 Å². The molecule has 0 atom stereocenters. The molecule has 0 aliphatic heterocycles. The Labute approximate surface area is 126 Å². The van der Waals surface area contributed by atoms with Crippen molar-refractivity contribution in [3.8, 4) is 0 Å². The molecule has 2 aromatic rings. The van der Waals surface area contributed by atoms with Gasteiger partial charge < -0.3 is 9.90 Å². The summed E-state index contributed by atoms with van der Waals surface area (Å²) in [5.41, 5.74) is 2.84. The van der Waals surface area contributed by atoms with Crippen molar-refractivity contribution in [1.29, 1.82) is 0 Å². The first-order valence-electron chi connectivity index (χ1n) is 7.28. The van der Waals surface area contributed by atoms with E-state index in [2.05, 4.69) is 0 Å². The average Bonchev–Trinajstić information content (AvgIpc) is 2.46. The molecule has 110 valence electrons. The molecule has 0 saturated heterocycles. The van der Waals surface area contributed by atoms with Crippen molar-refractivity contribution >= 4 is 5.78 Å². The zero-order valence-electron chi connectivity index (χ0n) is 12.9. The lowest BCUT2D eigenvalue weighted by Crippen LogP contribution is -2.28. The molecular weight excluding hydrogens is 260 g/mol. The molecule has 2 aromatic carbocycles. The maximum atomic E-state index is 11.4. The van der Waals surface area contributed by atoms with Crippen molar-refractivity contribution in [2.24, 2.45) is 0 Å². The van der Waals surface area contributed by atoms with Crippen molar-refractivity contribution < 1.29 is 9.90 Å². The number of carbonyl (C=O) groups excluding carboxylic acids is 1. The summed E-state index contributed by atoms with van der Waals surface area (Å²) >= 11 is 0. The molecule has 0 aliphatic rings. The van der Waals surface area contributed by atoms with Crippen LogP contribution in [0.2, 0.25) is 0 Å². The van der Waals surface area contributed by atoms with Gasteiger partial charge in [-0.1, -0.05) is 59.7 Å². The van der Waals surface area contributed by atoms with E-state index < -0.39 is 5.60 Å². The highest BCUT2D eigenvalue weighted by Gasteiger charge is 2.31. The van der Waals surface area contributed by atoms with E-state index in [1.807, 2.05) is 62.4 Å². The third-order valence-electron chi connectivity index (χ3n) is 3.90. The van der Waals surface area contributed by atoms with Gasteiger partial charge >= 0.3 is 0 Å². The van der Waals surface area contributed by atoms with Crippen LogP contribution in [-0.4, -0.2) is 10.9 Å². The number of benzene rings is 2. The van der Waals surface area contributed by atoms with Gasteiger partial charge in [-0.15, -0.1) is 0 Å². The van der Waals surface area contributed by atoms with E-state index in [9.17, 15) is 9.90 Å². The molecule has 0 fully saturated rings. The maximum absolute atomic E-state index is 11.4. The van der Waals surface area contributed by atoms with Crippen LogP contribution in [0.3, 0.4) is 0 Å². The van der Waals surface area contributed by atoms with E-state index in [-0.39, 0.29) is 5.78 Å². The summed E-state index contributed by atoms with van der Waals surface area (Å²) < 4.78 is 0. The molecule has 0 radical (unpaired) electrons. The molecule has 0 unspecified atom stereocenters. The molecule has 0 heterocycles. The zero-order valence-corrected chi connectivity index (χ0v) is 12.9. The van der Waals surface area contributed by atoms with Crippen LogP contribution in [-0.2, 0) is 10.4 Å². The predicted octanol–water partition coefficient (Wildman–Crippen LogP) is 3.91. The number of hydrogen-bond donors (Lipinski definition) is 1. The summed E-state index contributed by atoms with van der Waals surface area (Å²) in [5, 5.41) is 11.2. The lowest BCUT2D eigenvalue weighted by molar-refractivity contribution is -0.118. The Bertz CT molecular complexity index is 564. The molecule has 0 saturated carbocycles. The highest BCUT2D eigenvalue weighted by molar-refractivity contribution is 5.75. The summed E-state index contributed by atoms with van der Waals surface area (Å²) in [5.74, 6) is 0.0904. The predicted molar refractivity (Wildman–Crippen MR) is 85.3 cm³/mol. The molecule has 0 spiro atoms. The third-order valence-corrected chi connectivity index (χ3v) is 3.90. The normalized spacial score (nSPS) is 11.4. The number of Topliss-reactive ketones (excluding diaryl/α,β-unsaturated/α-hetero) is 1. The number of carbonyl (C=O) groups is 1. The molecule has 0 aliphatic carbocycles. The highest BCUT2D eigenvalue weighted by Crippen LogP contribution is 2.34. The number of rotatable bonds is 5. The van der Waals surface area contributed by atoms with Crippen molar-refractivity contribution in [2.75, 3.05) is 0 Å². The van der Waals surface area contributed by atoms with Crippen LogP contribution in [0.1, 0.15) is 42.0 Å². The minimum Gasteiger partial charge on any atom is -0.380 e. The van der Waals surface area contributed by atoms with Crippen LogP contribution in [0.5, 0.6) is 0 Å². The standard InChI is InChI=1S/C19H22O2/c1-14-4-8-17(9-5-14)19(21,13-12-16(3)20)18-10-6-15(2)7-11-18/h4-11,21H,12-13H2,1-3H3. The lowest BCUT2D eigenvalue weighted by atomic mass is 9.81. The monoisotopic (exact) mass is 282 g/mol. The van der Waals surface area contributed by atoms with Gasteiger partial charge in [0, 0.05) is 6.42 Å². The van der Waals surface area contributed by atoms with Crippen molar-refractivity contribution in [1.82, 2.24) is 0 Å². The minimum atomic E-state index is -1.12. The Morgan fingerprint density at radius 1 is 0.905 bits per heavy atom. The van der Waals surface area contributed by atoms with Crippen LogP contribution in [0.15, 0.2) is 48.5 Å². The summed E-state index contributed by atoms with van der Waals surface area (Å²) in [6.07, 6.45) is 0.757. The molecule has 0 bridgehead atoms. The first-order chi connectivity index (χ1) is 9.91. The Morgan fingerprint density at radius 3 is 1.62 bits per heavy atom. The average molecular weight is 282 g/mol. The molecular formula is C19H22O2. The first kappa shape index (κ1) is 15.5. The van der Waals surface area contributed by atoms with Crippen LogP contribution in [0.4, 0.5) is 0 Å². The fourth-order valence-electron chi connectivity index (χ4n) is 2.47. The van der Waals surface area contributed by atoms with Gasteiger partial charge in [0.15, 0.2) is 0 Å². The molecule has 2 rings (SSSR count). The molecule has 2 heteroatoms. The largest absolute Gasteiger partial charge is 0.380 e. The number of ketones is 1. The van der Waals surface area contributed by atoms with E-state index in [1.165, 1.54) is 0 Å². The van der Waals surface area contributed by atoms with E-state index >= 15 is 0 Å². The quantitative estimate of drug-likeness (QED) is 0.902. The van der Waals surface area contributed by atoms with E-state index in [1.54, 1.807) is 6.92 Å². The summed E-state index contributed by atoms with van der Waals surface area (Å²) in [6, 6.07) is 15.7. The second-order valence-corrected chi connectivity index (χ2v) is 5.79. The molecule has 0 amide bonds. The second kappa shape index (κ2) is 6.23. The van der Waals surface area contributed by atoms with Crippen molar-refractivity contribution in [3.05, 3.63) is 70.8 Å². The van der Waals surface area contributed by atoms with Gasteiger partial charge in [0.1, 0.15) is 11.4 Å². The van der Waals surface area contributed by atoms with Crippen LogP contribution in [0.25, 0.3) is 0 Å². The first-order valence-corrected chi connectivity index (χ1v) is 7.28. The van der Waals surface area contributed by atoms with Gasteiger partial charge in [0.05, 0.1) is 0 Å². The second-order valence-electron chi connectivity index (χ2n) is 5.79. The Balaban J connectivity index is 2.44. The van der Waals surface area contributed by atoms with Gasteiger partial charge in [-0.3, -0.25) is 0 Å². The fourth-order valence-corrected chi connectivity index (χ4v) is 2.47. The third kappa shape index (κ3) is 3.59. The van der Waals surface area contributed by atoms with Gasteiger partial charge in [-0.2, -0.15) is 0 Å². The van der Waals surface area contributed by atoms with Gasteiger partial charge in [0.2, 0.25) is 0 Å². The van der Waals surface area contributed by atoms with Gasteiger partial charge in [0.25, 0.3) is 0 Å². The highest BCUT2D eigenvalue weighted by atomic mass is 16.3.